The van der Waals surface area contributed by atoms with Crippen molar-refractivity contribution in [1.29, 1.82) is 0 Å². The first-order valence-corrected chi connectivity index (χ1v) is 7.89. The molecule has 2 atom stereocenters. The van der Waals surface area contributed by atoms with Gasteiger partial charge in [0.25, 0.3) is 5.91 Å². The van der Waals surface area contributed by atoms with Gasteiger partial charge in [-0.2, -0.15) is 0 Å². The molecule has 102 valence electrons. The van der Waals surface area contributed by atoms with Crippen LogP contribution in [-0.4, -0.2) is 29.9 Å². The predicted octanol–water partition coefficient (Wildman–Crippen LogP) is 3.50. The molecule has 2 rings (SSSR count). The summed E-state index contributed by atoms with van der Waals surface area (Å²) in [4.78, 5) is 14.3. The Balaban J connectivity index is 0.00000162. The van der Waals surface area contributed by atoms with E-state index in [1.54, 1.807) is 0 Å². The third-order valence-corrected chi connectivity index (χ3v) is 5.48. The summed E-state index contributed by atoms with van der Waals surface area (Å²) in [6.45, 7) is 3.52. The fourth-order valence-electron chi connectivity index (χ4n) is 2.24. The van der Waals surface area contributed by atoms with E-state index >= 15 is 0 Å². The van der Waals surface area contributed by atoms with Crippen LogP contribution in [-0.2, 0) is 0 Å². The smallest absolute Gasteiger partial charge is 0.256 e. The van der Waals surface area contributed by atoms with Gasteiger partial charge in [-0.25, -0.2) is 0 Å². The SMILES string of the molecule is CC1CC(CN)CN1C(=O)c1cc(Br)sc1Br.Cl. The van der Waals surface area contributed by atoms with Crippen LogP contribution in [0.3, 0.4) is 0 Å². The molecule has 0 bridgehead atoms. The Hall–Kier alpha value is 0.380. The summed E-state index contributed by atoms with van der Waals surface area (Å²) in [6, 6.07) is 2.15. The molecule has 0 aromatic carbocycles. The molecule has 7 heteroatoms. The first-order valence-electron chi connectivity index (χ1n) is 5.48. The molecule has 1 saturated heterocycles. The Kier molecular flexibility index (Phi) is 6.12. The Morgan fingerprint density at radius 3 is 2.72 bits per heavy atom. The van der Waals surface area contributed by atoms with E-state index in [1.807, 2.05) is 11.0 Å². The van der Waals surface area contributed by atoms with E-state index in [2.05, 4.69) is 38.8 Å². The summed E-state index contributed by atoms with van der Waals surface area (Å²) >= 11 is 8.36. The molecule has 1 aromatic heterocycles. The van der Waals surface area contributed by atoms with Crippen molar-refractivity contribution in [2.24, 2.45) is 11.7 Å². The summed E-state index contributed by atoms with van der Waals surface area (Å²) in [5.74, 6) is 0.539. The molecular formula is C11H15Br2ClN2OS. The fourth-order valence-corrected chi connectivity index (χ4v) is 5.01. The Morgan fingerprint density at radius 1 is 1.61 bits per heavy atom. The van der Waals surface area contributed by atoms with Crippen LogP contribution in [0.25, 0.3) is 0 Å². The second kappa shape index (κ2) is 6.70. The van der Waals surface area contributed by atoms with Crippen LogP contribution in [0.15, 0.2) is 13.6 Å². The molecule has 18 heavy (non-hydrogen) atoms. The Morgan fingerprint density at radius 2 is 2.28 bits per heavy atom. The van der Waals surface area contributed by atoms with Crippen molar-refractivity contribution in [3.8, 4) is 0 Å². The lowest BCUT2D eigenvalue weighted by atomic mass is 10.1. The summed E-state index contributed by atoms with van der Waals surface area (Å²) in [6.07, 6.45) is 1.01. The molecule has 3 nitrogen and oxygen atoms in total. The van der Waals surface area contributed by atoms with Crippen molar-refractivity contribution in [3.63, 3.8) is 0 Å². The molecule has 1 aliphatic rings. The number of rotatable bonds is 2. The highest BCUT2D eigenvalue weighted by molar-refractivity contribution is 9.12. The zero-order valence-corrected chi connectivity index (χ0v) is 14.7. The lowest BCUT2D eigenvalue weighted by Gasteiger charge is -2.21. The molecule has 2 unspecified atom stereocenters. The minimum atomic E-state index is 0. The fraction of sp³-hybridized carbons (Fsp3) is 0.545. The van der Waals surface area contributed by atoms with Crippen molar-refractivity contribution < 1.29 is 4.79 Å². The normalized spacial score (nSPS) is 23.0. The van der Waals surface area contributed by atoms with Crippen LogP contribution in [0.1, 0.15) is 23.7 Å². The number of likely N-dealkylation sites (tertiary alicyclic amines) is 1. The zero-order valence-electron chi connectivity index (χ0n) is 9.86. The van der Waals surface area contributed by atoms with Crippen LogP contribution in [0.2, 0.25) is 0 Å². The quantitative estimate of drug-likeness (QED) is 0.799. The van der Waals surface area contributed by atoms with Gasteiger partial charge >= 0.3 is 0 Å². The minimum absolute atomic E-state index is 0. The molecule has 1 amide bonds. The summed E-state index contributed by atoms with van der Waals surface area (Å²) in [5, 5.41) is 0. The van der Waals surface area contributed by atoms with E-state index in [-0.39, 0.29) is 24.4 Å². The summed E-state index contributed by atoms with van der Waals surface area (Å²) in [7, 11) is 0. The molecule has 0 spiro atoms. The van der Waals surface area contributed by atoms with Crippen molar-refractivity contribution in [3.05, 3.63) is 19.2 Å². The van der Waals surface area contributed by atoms with E-state index in [9.17, 15) is 4.79 Å². The molecule has 2 heterocycles. The van der Waals surface area contributed by atoms with Gasteiger partial charge in [0, 0.05) is 12.6 Å². The molecule has 1 aliphatic heterocycles. The standard InChI is InChI=1S/C11H14Br2N2OS.ClH/c1-6-2-7(4-14)5-15(6)11(16)8-3-9(12)17-10(8)13;/h3,6-7H,2,4-5,14H2,1H3;1H. The predicted molar refractivity (Wildman–Crippen MR) is 84.6 cm³/mol. The van der Waals surface area contributed by atoms with Crippen molar-refractivity contribution in [1.82, 2.24) is 4.90 Å². The largest absolute Gasteiger partial charge is 0.336 e. The molecule has 0 radical (unpaired) electrons. The Labute approximate surface area is 134 Å². The van der Waals surface area contributed by atoms with Gasteiger partial charge in [0.15, 0.2) is 0 Å². The number of carbonyl (C=O) groups is 1. The number of nitrogens with zero attached hydrogens (tertiary/aromatic N) is 1. The summed E-state index contributed by atoms with van der Waals surface area (Å²) in [5.41, 5.74) is 6.42. The first-order chi connectivity index (χ1) is 8.02. The number of nitrogens with two attached hydrogens (primary N) is 1. The molecule has 1 aromatic rings. The molecule has 0 saturated carbocycles. The van der Waals surface area contributed by atoms with Gasteiger partial charge in [0.1, 0.15) is 0 Å². The average molecular weight is 419 g/mol. The summed E-state index contributed by atoms with van der Waals surface area (Å²) < 4.78 is 1.85. The number of hydrogen-bond donors (Lipinski definition) is 1. The van der Waals surface area contributed by atoms with Gasteiger partial charge in [-0.1, -0.05) is 0 Å². The lowest BCUT2D eigenvalue weighted by Crippen LogP contribution is -2.34. The number of halogens is 3. The van der Waals surface area contributed by atoms with E-state index in [1.165, 1.54) is 11.3 Å². The third-order valence-electron chi connectivity index (χ3n) is 3.14. The maximum Gasteiger partial charge on any atom is 0.256 e. The number of hydrogen-bond acceptors (Lipinski definition) is 3. The van der Waals surface area contributed by atoms with Crippen molar-refractivity contribution in [2.75, 3.05) is 13.1 Å². The topological polar surface area (TPSA) is 46.3 Å². The van der Waals surface area contributed by atoms with Gasteiger partial charge in [-0.3, -0.25) is 4.79 Å². The highest BCUT2D eigenvalue weighted by Gasteiger charge is 2.33. The van der Waals surface area contributed by atoms with Crippen LogP contribution in [0.4, 0.5) is 0 Å². The van der Waals surface area contributed by atoms with Crippen LogP contribution in [0, 0.1) is 5.92 Å². The van der Waals surface area contributed by atoms with Gasteiger partial charge in [-0.05, 0) is 63.7 Å². The van der Waals surface area contributed by atoms with Crippen molar-refractivity contribution >= 4 is 61.5 Å². The van der Waals surface area contributed by atoms with Gasteiger partial charge in [0.2, 0.25) is 0 Å². The van der Waals surface area contributed by atoms with E-state index in [0.29, 0.717) is 12.5 Å². The molecule has 2 N–H and O–H groups in total. The molecule has 0 aliphatic carbocycles. The highest BCUT2D eigenvalue weighted by atomic mass is 79.9. The van der Waals surface area contributed by atoms with E-state index in [4.69, 9.17) is 5.73 Å². The van der Waals surface area contributed by atoms with Gasteiger partial charge in [0.05, 0.1) is 13.1 Å². The van der Waals surface area contributed by atoms with Gasteiger partial charge < -0.3 is 10.6 Å². The zero-order chi connectivity index (χ0) is 12.6. The van der Waals surface area contributed by atoms with E-state index < -0.39 is 0 Å². The van der Waals surface area contributed by atoms with Crippen LogP contribution in [0.5, 0.6) is 0 Å². The lowest BCUT2D eigenvalue weighted by molar-refractivity contribution is 0.0743. The van der Waals surface area contributed by atoms with Gasteiger partial charge in [-0.15, -0.1) is 23.7 Å². The number of carbonyl (C=O) groups excluding carboxylic acids is 1. The second-order valence-corrected chi connectivity index (χ2v) is 8.13. The van der Waals surface area contributed by atoms with Crippen LogP contribution < -0.4 is 5.73 Å². The second-order valence-electron chi connectivity index (χ2n) is 4.38. The number of amides is 1. The first kappa shape index (κ1) is 16.4. The Bertz CT molecular complexity index is 441. The molecule has 1 fully saturated rings. The monoisotopic (exact) mass is 416 g/mol. The third kappa shape index (κ3) is 3.28. The maximum atomic E-state index is 12.4. The maximum absolute atomic E-state index is 12.4. The molecular weight excluding hydrogens is 403 g/mol. The van der Waals surface area contributed by atoms with Crippen molar-refractivity contribution in [2.45, 2.75) is 19.4 Å². The highest BCUT2D eigenvalue weighted by Crippen LogP contribution is 2.34. The average Bonchev–Trinajstić information content (AvgIpc) is 2.81. The van der Waals surface area contributed by atoms with Crippen LogP contribution >= 0.6 is 55.6 Å². The number of thiophene rings is 1. The van der Waals surface area contributed by atoms with E-state index in [0.717, 1.165) is 26.1 Å². The minimum Gasteiger partial charge on any atom is -0.336 e.